The summed E-state index contributed by atoms with van der Waals surface area (Å²) in [6.45, 7) is 2.78. The number of H-pyrrole nitrogens is 1. The van der Waals surface area contributed by atoms with Gasteiger partial charge in [-0.2, -0.15) is 0 Å². The van der Waals surface area contributed by atoms with Crippen LogP contribution in [0.5, 0.6) is 5.75 Å². The molecule has 3 heteroatoms. The Morgan fingerprint density at radius 2 is 2.17 bits per heavy atom. The third-order valence-corrected chi connectivity index (χ3v) is 4.37. The largest absolute Gasteiger partial charge is 0.496 e. The maximum absolute atomic E-state index is 6.01. The number of rotatable bonds is 3. The van der Waals surface area contributed by atoms with Gasteiger partial charge in [-0.3, -0.25) is 0 Å². The lowest BCUT2D eigenvalue weighted by molar-refractivity contribution is 0.244. The van der Waals surface area contributed by atoms with Crippen LogP contribution >= 0.6 is 0 Å². The molecule has 18 heavy (non-hydrogen) atoms. The molecule has 1 aliphatic carbocycles. The molecular formula is C15H20N2O. The third-order valence-electron chi connectivity index (χ3n) is 4.37. The van der Waals surface area contributed by atoms with E-state index < -0.39 is 0 Å². The summed E-state index contributed by atoms with van der Waals surface area (Å²) in [5.74, 6) is 1.00. The number of fused-ring (bicyclic) bond motifs is 1. The second-order valence-corrected chi connectivity index (χ2v) is 5.40. The van der Waals surface area contributed by atoms with Crippen LogP contribution in [-0.4, -0.2) is 18.6 Å². The van der Waals surface area contributed by atoms with Gasteiger partial charge in [-0.25, -0.2) is 0 Å². The molecule has 0 amide bonds. The Hall–Kier alpha value is -1.48. The summed E-state index contributed by atoms with van der Waals surface area (Å²) in [6, 6.07) is 6.49. The Labute approximate surface area is 107 Å². The summed E-state index contributed by atoms with van der Waals surface area (Å²) >= 11 is 0. The van der Waals surface area contributed by atoms with E-state index in [1.165, 1.54) is 30.2 Å². The molecule has 0 spiro atoms. The van der Waals surface area contributed by atoms with Gasteiger partial charge in [-0.1, -0.05) is 12.5 Å². The highest BCUT2D eigenvalue weighted by Gasteiger charge is 2.39. The number of ether oxygens (including phenoxy) is 1. The number of benzene rings is 1. The Morgan fingerprint density at radius 3 is 2.72 bits per heavy atom. The first-order valence-electron chi connectivity index (χ1n) is 6.57. The van der Waals surface area contributed by atoms with Gasteiger partial charge in [0.15, 0.2) is 0 Å². The maximum Gasteiger partial charge on any atom is 0.132 e. The van der Waals surface area contributed by atoms with Gasteiger partial charge in [-0.15, -0.1) is 0 Å². The molecule has 0 aliphatic heterocycles. The second-order valence-electron chi connectivity index (χ2n) is 5.40. The van der Waals surface area contributed by atoms with Crippen LogP contribution in [0.2, 0.25) is 0 Å². The van der Waals surface area contributed by atoms with Crippen molar-refractivity contribution >= 4 is 10.9 Å². The van der Waals surface area contributed by atoms with Gasteiger partial charge in [0.2, 0.25) is 0 Å². The molecule has 1 fully saturated rings. The van der Waals surface area contributed by atoms with E-state index >= 15 is 0 Å². The Kier molecular flexibility index (Phi) is 2.59. The summed E-state index contributed by atoms with van der Waals surface area (Å²) in [5, 5.41) is 1.17. The lowest BCUT2D eigenvalue weighted by Crippen LogP contribution is -2.41. The van der Waals surface area contributed by atoms with Crippen LogP contribution in [-0.2, 0) is 5.41 Å². The predicted octanol–water partition coefficient (Wildman–Crippen LogP) is 2.87. The fourth-order valence-electron chi connectivity index (χ4n) is 3.14. The summed E-state index contributed by atoms with van der Waals surface area (Å²) < 4.78 is 5.68. The lowest BCUT2D eigenvalue weighted by Gasteiger charge is -2.42. The normalized spacial score (nSPS) is 17.7. The summed E-state index contributed by atoms with van der Waals surface area (Å²) in [6.07, 6.45) is 3.62. The molecule has 3 nitrogen and oxygen atoms in total. The Morgan fingerprint density at radius 1 is 1.39 bits per heavy atom. The van der Waals surface area contributed by atoms with E-state index in [9.17, 15) is 0 Å². The average molecular weight is 244 g/mol. The van der Waals surface area contributed by atoms with Crippen molar-refractivity contribution in [3.8, 4) is 5.75 Å². The van der Waals surface area contributed by atoms with Crippen molar-refractivity contribution in [1.82, 2.24) is 4.98 Å². The van der Waals surface area contributed by atoms with Crippen LogP contribution in [0, 0.1) is 6.92 Å². The molecule has 3 N–H and O–H groups in total. The number of nitrogens with two attached hydrogens (primary N) is 1. The highest BCUT2D eigenvalue weighted by atomic mass is 16.5. The minimum atomic E-state index is 0.144. The molecule has 0 unspecified atom stereocenters. The zero-order valence-corrected chi connectivity index (χ0v) is 11.0. The zero-order valence-electron chi connectivity index (χ0n) is 11.0. The van der Waals surface area contributed by atoms with E-state index in [1.54, 1.807) is 7.11 Å². The van der Waals surface area contributed by atoms with Crippen LogP contribution in [0.4, 0.5) is 0 Å². The molecule has 1 aromatic carbocycles. The fraction of sp³-hybridized carbons (Fsp3) is 0.467. The van der Waals surface area contributed by atoms with E-state index in [1.807, 2.05) is 0 Å². The number of nitrogens with one attached hydrogen (secondary N) is 1. The van der Waals surface area contributed by atoms with Gasteiger partial charge in [0.05, 0.1) is 7.11 Å². The van der Waals surface area contributed by atoms with Gasteiger partial charge in [0.25, 0.3) is 0 Å². The molecule has 1 saturated carbocycles. The molecule has 1 aromatic heterocycles. The molecule has 3 rings (SSSR count). The van der Waals surface area contributed by atoms with Crippen molar-refractivity contribution in [2.75, 3.05) is 13.7 Å². The average Bonchev–Trinajstić information content (AvgIpc) is 2.68. The minimum absolute atomic E-state index is 0.144. The number of hydrogen-bond acceptors (Lipinski definition) is 2. The fourth-order valence-corrected chi connectivity index (χ4v) is 3.14. The standard InChI is InChI=1S/C15H20N2O/c1-10-8-11-13(17-10)5-4-12(14(11)18-2)15(9-16)6-3-7-15/h4-5,8,17H,3,6-7,9,16H2,1-2H3. The van der Waals surface area contributed by atoms with Crippen molar-refractivity contribution in [2.24, 2.45) is 5.73 Å². The third kappa shape index (κ3) is 1.47. The molecule has 96 valence electrons. The molecule has 0 atom stereocenters. The number of methoxy groups -OCH3 is 1. The van der Waals surface area contributed by atoms with Crippen molar-refractivity contribution in [2.45, 2.75) is 31.6 Å². The molecule has 0 bridgehead atoms. The van der Waals surface area contributed by atoms with E-state index in [0.717, 1.165) is 17.0 Å². The van der Waals surface area contributed by atoms with Gasteiger partial charge in [0, 0.05) is 34.1 Å². The van der Waals surface area contributed by atoms with Crippen molar-refractivity contribution in [1.29, 1.82) is 0 Å². The Bertz CT molecular complexity index is 576. The quantitative estimate of drug-likeness (QED) is 0.872. The van der Waals surface area contributed by atoms with Gasteiger partial charge >= 0.3 is 0 Å². The SMILES string of the molecule is COc1c(C2(CN)CCC2)ccc2[nH]c(C)cc12. The number of aryl methyl sites for hydroxylation is 1. The topological polar surface area (TPSA) is 51.0 Å². The predicted molar refractivity (Wildman–Crippen MR) is 74.2 cm³/mol. The minimum Gasteiger partial charge on any atom is -0.496 e. The number of hydrogen-bond donors (Lipinski definition) is 2. The first-order chi connectivity index (χ1) is 8.70. The van der Waals surface area contributed by atoms with Crippen LogP contribution in [0.15, 0.2) is 18.2 Å². The first kappa shape index (κ1) is 11.6. The van der Waals surface area contributed by atoms with E-state index in [2.05, 4.69) is 30.1 Å². The monoisotopic (exact) mass is 244 g/mol. The highest BCUT2D eigenvalue weighted by molar-refractivity contribution is 5.88. The van der Waals surface area contributed by atoms with Crippen molar-refractivity contribution < 1.29 is 4.74 Å². The molecule has 2 aromatic rings. The zero-order chi connectivity index (χ0) is 12.8. The summed E-state index contributed by atoms with van der Waals surface area (Å²) in [4.78, 5) is 3.35. The molecule has 0 saturated heterocycles. The van der Waals surface area contributed by atoms with Crippen LogP contribution in [0.3, 0.4) is 0 Å². The summed E-state index contributed by atoms with van der Waals surface area (Å²) in [7, 11) is 1.75. The van der Waals surface area contributed by atoms with Crippen molar-refractivity contribution in [3.63, 3.8) is 0 Å². The number of aromatic nitrogens is 1. The van der Waals surface area contributed by atoms with E-state index in [4.69, 9.17) is 10.5 Å². The summed E-state index contributed by atoms with van der Waals surface area (Å²) in [5.41, 5.74) is 9.74. The second kappa shape index (κ2) is 4.02. The molecular weight excluding hydrogens is 224 g/mol. The number of aromatic amines is 1. The van der Waals surface area contributed by atoms with Crippen LogP contribution in [0.25, 0.3) is 10.9 Å². The van der Waals surface area contributed by atoms with Crippen molar-refractivity contribution in [3.05, 3.63) is 29.5 Å². The lowest BCUT2D eigenvalue weighted by atomic mass is 9.64. The molecule has 0 radical (unpaired) electrons. The van der Waals surface area contributed by atoms with Crippen LogP contribution in [0.1, 0.15) is 30.5 Å². The molecule has 1 aliphatic rings. The van der Waals surface area contributed by atoms with E-state index in [0.29, 0.717) is 6.54 Å². The Balaban J connectivity index is 2.22. The van der Waals surface area contributed by atoms with Crippen LogP contribution < -0.4 is 10.5 Å². The van der Waals surface area contributed by atoms with Gasteiger partial charge in [0.1, 0.15) is 5.75 Å². The maximum atomic E-state index is 6.01. The van der Waals surface area contributed by atoms with Gasteiger partial charge in [-0.05, 0) is 31.9 Å². The first-order valence-corrected chi connectivity index (χ1v) is 6.57. The van der Waals surface area contributed by atoms with E-state index in [-0.39, 0.29) is 5.41 Å². The molecule has 1 heterocycles. The smallest absolute Gasteiger partial charge is 0.132 e. The highest BCUT2D eigenvalue weighted by Crippen LogP contribution is 2.48. The van der Waals surface area contributed by atoms with Gasteiger partial charge < -0.3 is 15.5 Å².